The Morgan fingerprint density at radius 2 is 1.78 bits per heavy atom. The van der Waals surface area contributed by atoms with Crippen LogP contribution in [0.1, 0.15) is 22.9 Å². The number of carbonyl (C=O) groups is 1. The second-order valence-electron chi connectivity index (χ2n) is 7.62. The zero-order chi connectivity index (χ0) is 22.2. The monoisotopic (exact) mass is 510 g/mol. The van der Waals surface area contributed by atoms with E-state index in [0.29, 0.717) is 23.7 Å². The topological polar surface area (TPSA) is 54.6 Å². The Kier molecular flexibility index (Phi) is 5.57. The number of hydrogen-bond donors (Lipinski definition) is 1. The van der Waals surface area contributed by atoms with Crippen LogP contribution in [0.5, 0.6) is 11.5 Å². The molecule has 3 aromatic carbocycles. The summed E-state index contributed by atoms with van der Waals surface area (Å²) < 4.78 is 12.0. The van der Waals surface area contributed by atoms with E-state index >= 15 is 0 Å². The molecule has 5 nitrogen and oxygen atoms in total. The number of nitrogens with one attached hydrogen (secondary N) is 1. The minimum absolute atomic E-state index is 0.337. The van der Waals surface area contributed by atoms with Gasteiger partial charge in [-0.25, -0.2) is 4.79 Å². The van der Waals surface area contributed by atoms with Crippen molar-refractivity contribution in [3.8, 4) is 11.5 Å². The van der Waals surface area contributed by atoms with Gasteiger partial charge in [0.2, 0.25) is 0 Å². The first kappa shape index (κ1) is 20.9. The Morgan fingerprint density at radius 3 is 2.50 bits per heavy atom. The largest absolute Gasteiger partial charge is 0.497 e. The van der Waals surface area contributed by atoms with Crippen molar-refractivity contribution >= 4 is 44.5 Å². The highest BCUT2D eigenvalue weighted by Gasteiger charge is 2.36. The smallest absolute Gasteiger partial charge is 0.416 e. The molecule has 0 fully saturated rings. The Hall–Kier alpha value is -2.96. The number of H-pyrrole nitrogens is 1. The Labute approximate surface area is 199 Å². The van der Waals surface area contributed by atoms with Crippen molar-refractivity contribution in [2.45, 2.75) is 12.5 Å². The lowest BCUT2D eigenvalue weighted by molar-refractivity contribution is 0.135. The van der Waals surface area contributed by atoms with Crippen LogP contribution < -0.4 is 9.47 Å². The minimum atomic E-state index is -0.399. The summed E-state index contributed by atoms with van der Waals surface area (Å²) in [6.07, 6.45) is 0.282. The lowest BCUT2D eigenvalue weighted by Crippen LogP contribution is -2.42. The van der Waals surface area contributed by atoms with E-state index in [1.165, 1.54) is 0 Å². The van der Waals surface area contributed by atoms with E-state index in [1.54, 1.807) is 24.1 Å². The first-order valence-corrected chi connectivity index (χ1v) is 11.4. The van der Waals surface area contributed by atoms with Crippen molar-refractivity contribution < 1.29 is 14.3 Å². The van der Waals surface area contributed by atoms with E-state index in [4.69, 9.17) is 21.1 Å². The number of benzene rings is 3. The molecule has 32 heavy (non-hydrogen) atoms. The molecule has 2 heterocycles. The summed E-state index contributed by atoms with van der Waals surface area (Å²) in [7, 11) is 1.63. The fraction of sp³-hybridized carbons (Fsp3) is 0.160. The summed E-state index contributed by atoms with van der Waals surface area (Å²) in [5, 5.41) is 1.72. The normalized spacial score (nSPS) is 15.5. The van der Waals surface area contributed by atoms with Crippen molar-refractivity contribution in [2.24, 2.45) is 0 Å². The van der Waals surface area contributed by atoms with Gasteiger partial charge in [0.1, 0.15) is 17.5 Å². The highest BCUT2D eigenvalue weighted by atomic mass is 79.9. The number of nitrogens with zero attached hydrogens (tertiary/aromatic N) is 1. The number of aromatic nitrogens is 1. The molecule has 1 N–H and O–H groups in total. The maximum absolute atomic E-state index is 13.3. The van der Waals surface area contributed by atoms with Crippen molar-refractivity contribution in [3.63, 3.8) is 0 Å². The van der Waals surface area contributed by atoms with E-state index < -0.39 is 6.09 Å². The van der Waals surface area contributed by atoms with E-state index in [9.17, 15) is 4.79 Å². The molecule has 1 atom stereocenters. The molecule has 0 radical (unpaired) electrons. The molecule has 0 aliphatic carbocycles. The molecule has 1 aliphatic heterocycles. The van der Waals surface area contributed by atoms with E-state index in [0.717, 1.165) is 37.9 Å². The van der Waals surface area contributed by atoms with Gasteiger partial charge >= 0.3 is 6.09 Å². The first-order chi connectivity index (χ1) is 15.5. The minimum Gasteiger partial charge on any atom is -0.497 e. The highest BCUT2D eigenvalue weighted by Crippen LogP contribution is 2.41. The van der Waals surface area contributed by atoms with Gasteiger partial charge in [-0.2, -0.15) is 0 Å². The maximum Gasteiger partial charge on any atom is 0.416 e. The third-order valence-corrected chi connectivity index (χ3v) is 6.63. The van der Waals surface area contributed by atoms with Gasteiger partial charge in [0.15, 0.2) is 0 Å². The number of hydrogen-bond acceptors (Lipinski definition) is 3. The Bertz CT molecular complexity index is 1290. The molecule has 1 aliphatic rings. The van der Waals surface area contributed by atoms with Gasteiger partial charge in [-0.15, -0.1) is 0 Å². The lowest BCUT2D eigenvalue weighted by Gasteiger charge is -2.35. The van der Waals surface area contributed by atoms with Gasteiger partial charge in [0, 0.05) is 27.6 Å². The predicted molar refractivity (Wildman–Crippen MR) is 129 cm³/mol. The standard InChI is InChI=1S/C25H20BrClN2O3/c1-31-17-9-5-15(6-10-17)24-23-19(22-20(27)3-2-4-21(22)28-23)13-14-29(24)25(30)32-18-11-7-16(26)8-12-18/h2-12,24,28H,13-14H2,1H3. The van der Waals surface area contributed by atoms with Crippen LogP contribution >= 0.6 is 27.5 Å². The number of carbonyl (C=O) groups excluding carboxylic acids is 1. The average Bonchev–Trinajstić information content (AvgIpc) is 3.20. The second kappa shape index (κ2) is 8.52. The molecule has 5 rings (SSSR count). The third-order valence-electron chi connectivity index (χ3n) is 5.78. The summed E-state index contributed by atoms with van der Waals surface area (Å²) in [5.41, 5.74) is 4.02. The van der Waals surface area contributed by atoms with Crippen molar-refractivity contribution in [3.05, 3.63) is 93.0 Å². The second-order valence-corrected chi connectivity index (χ2v) is 8.94. The maximum atomic E-state index is 13.3. The summed E-state index contributed by atoms with van der Waals surface area (Å²) in [6, 6.07) is 20.5. The lowest BCUT2D eigenvalue weighted by atomic mass is 9.92. The summed E-state index contributed by atoms with van der Waals surface area (Å²) in [5.74, 6) is 1.26. The van der Waals surface area contributed by atoms with E-state index in [1.807, 2.05) is 54.6 Å². The van der Waals surface area contributed by atoms with Gasteiger partial charge in [0.25, 0.3) is 0 Å². The SMILES string of the molecule is COc1ccc(C2c3[nH]c4cccc(Cl)c4c3CCN2C(=O)Oc2ccc(Br)cc2)cc1. The highest BCUT2D eigenvalue weighted by molar-refractivity contribution is 9.10. The number of rotatable bonds is 3. The molecule has 7 heteroatoms. The molecule has 4 aromatic rings. The molecular formula is C25H20BrClN2O3. The fourth-order valence-corrected chi connectivity index (χ4v) is 4.84. The summed E-state index contributed by atoms with van der Waals surface area (Å²) in [4.78, 5) is 18.6. The predicted octanol–water partition coefficient (Wildman–Crippen LogP) is 6.74. The third kappa shape index (κ3) is 3.74. The van der Waals surface area contributed by atoms with Gasteiger partial charge in [-0.1, -0.05) is 45.7 Å². The van der Waals surface area contributed by atoms with Gasteiger partial charge in [-0.05, 0) is 66.1 Å². The Balaban J connectivity index is 1.58. The number of ether oxygens (including phenoxy) is 2. The quantitative estimate of drug-likeness (QED) is 0.331. The van der Waals surface area contributed by atoms with Crippen LogP contribution in [0.25, 0.3) is 10.9 Å². The number of amides is 1. The molecule has 0 saturated carbocycles. The zero-order valence-electron chi connectivity index (χ0n) is 17.3. The molecular weight excluding hydrogens is 492 g/mol. The Morgan fingerprint density at radius 1 is 1.06 bits per heavy atom. The van der Waals surface area contributed by atoms with E-state index in [2.05, 4.69) is 20.9 Å². The van der Waals surface area contributed by atoms with Crippen LogP contribution in [0, 0.1) is 0 Å². The van der Waals surface area contributed by atoms with E-state index in [-0.39, 0.29) is 6.04 Å². The van der Waals surface area contributed by atoms with Crippen molar-refractivity contribution in [1.29, 1.82) is 0 Å². The summed E-state index contributed by atoms with van der Waals surface area (Å²) in [6.45, 7) is 0.511. The fourth-order valence-electron chi connectivity index (χ4n) is 4.29. The molecule has 1 amide bonds. The molecule has 0 spiro atoms. The zero-order valence-corrected chi connectivity index (χ0v) is 19.6. The number of fused-ring (bicyclic) bond motifs is 3. The van der Waals surface area contributed by atoms with Gasteiger partial charge < -0.3 is 14.5 Å². The van der Waals surface area contributed by atoms with Crippen LogP contribution in [0.2, 0.25) is 5.02 Å². The van der Waals surface area contributed by atoms with Crippen molar-refractivity contribution in [2.75, 3.05) is 13.7 Å². The molecule has 1 aromatic heterocycles. The van der Waals surface area contributed by atoms with Gasteiger partial charge in [0.05, 0.1) is 12.1 Å². The molecule has 1 unspecified atom stereocenters. The summed E-state index contributed by atoms with van der Waals surface area (Å²) >= 11 is 9.95. The van der Waals surface area contributed by atoms with Crippen LogP contribution in [-0.4, -0.2) is 29.6 Å². The molecule has 0 saturated heterocycles. The molecule has 0 bridgehead atoms. The number of halogens is 2. The van der Waals surface area contributed by atoms with Gasteiger partial charge in [-0.3, -0.25) is 4.90 Å². The van der Waals surface area contributed by atoms with Crippen LogP contribution in [0.3, 0.4) is 0 Å². The average molecular weight is 512 g/mol. The van der Waals surface area contributed by atoms with Crippen LogP contribution in [0.4, 0.5) is 4.79 Å². The number of methoxy groups -OCH3 is 1. The van der Waals surface area contributed by atoms with Crippen molar-refractivity contribution in [1.82, 2.24) is 9.88 Å². The van der Waals surface area contributed by atoms with Crippen LogP contribution in [-0.2, 0) is 6.42 Å². The molecule has 162 valence electrons. The first-order valence-electron chi connectivity index (χ1n) is 10.2. The van der Waals surface area contributed by atoms with Crippen LogP contribution in [0.15, 0.2) is 71.2 Å². The number of aromatic amines is 1.